The van der Waals surface area contributed by atoms with Crippen LogP contribution in [0.2, 0.25) is 0 Å². The van der Waals surface area contributed by atoms with Crippen molar-refractivity contribution in [2.45, 2.75) is 31.3 Å². The molecule has 2 atom stereocenters. The minimum absolute atomic E-state index is 0.139. The van der Waals surface area contributed by atoms with Gasteiger partial charge in [-0.15, -0.1) is 0 Å². The predicted molar refractivity (Wildman–Crippen MR) is 69.9 cm³/mol. The van der Waals surface area contributed by atoms with Crippen molar-refractivity contribution in [1.82, 2.24) is 10.6 Å². The van der Waals surface area contributed by atoms with E-state index in [-0.39, 0.29) is 12.5 Å². The Kier molecular flexibility index (Phi) is 6.89. The van der Waals surface area contributed by atoms with E-state index in [4.69, 9.17) is 9.84 Å². The molecule has 6 nitrogen and oxygen atoms in total. The molecule has 1 fully saturated rings. The van der Waals surface area contributed by atoms with Crippen molar-refractivity contribution in [3.8, 4) is 0 Å². The van der Waals surface area contributed by atoms with Crippen LogP contribution in [0.4, 0.5) is 4.79 Å². The van der Waals surface area contributed by atoms with Gasteiger partial charge < -0.3 is 20.5 Å². The summed E-state index contributed by atoms with van der Waals surface area (Å²) < 4.78 is 4.82. The lowest BCUT2D eigenvalue weighted by atomic mass is 10.2. The van der Waals surface area contributed by atoms with E-state index >= 15 is 0 Å². The Labute approximate surface area is 111 Å². The normalized spacial score (nSPS) is 21.1. The van der Waals surface area contributed by atoms with Gasteiger partial charge in [-0.05, 0) is 18.6 Å². The first kappa shape index (κ1) is 15.1. The van der Waals surface area contributed by atoms with Gasteiger partial charge in [0.1, 0.15) is 6.04 Å². The number of carboxylic acids is 1. The Balaban J connectivity index is 2.32. The molecule has 1 saturated heterocycles. The number of thioether (sulfide) groups is 1. The maximum atomic E-state index is 11.7. The molecular weight excluding hydrogens is 256 g/mol. The highest BCUT2D eigenvalue weighted by Crippen LogP contribution is 2.16. The third kappa shape index (κ3) is 5.59. The van der Waals surface area contributed by atoms with Crippen molar-refractivity contribution in [3.05, 3.63) is 0 Å². The molecule has 0 saturated carbocycles. The molecule has 0 aromatic carbocycles. The summed E-state index contributed by atoms with van der Waals surface area (Å²) in [4.78, 5) is 22.6. The summed E-state index contributed by atoms with van der Waals surface area (Å²) in [5.74, 6) is 0.981. The van der Waals surface area contributed by atoms with Crippen LogP contribution in [-0.4, -0.2) is 54.4 Å². The van der Waals surface area contributed by atoms with Gasteiger partial charge >= 0.3 is 12.0 Å². The van der Waals surface area contributed by atoms with E-state index in [0.717, 1.165) is 24.3 Å². The first-order chi connectivity index (χ1) is 8.63. The number of hydrogen-bond acceptors (Lipinski definition) is 4. The molecule has 0 aromatic heterocycles. The van der Waals surface area contributed by atoms with Crippen LogP contribution >= 0.6 is 11.8 Å². The van der Waals surface area contributed by atoms with Crippen LogP contribution in [0, 0.1) is 0 Å². The molecule has 2 unspecified atom stereocenters. The summed E-state index contributed by atoms with van der Waals surface area (Å²) in [6, 6.07) is -1.17. The molecule has 1 aliphatic heterocycles. The van der Waals surface area contributed by atoms with E-state index in [1.165, 1.54) is 7.11 Å². The van der Waals surface area contributed by atoms with Crippen molar-refractivity contribution in [3.63, 3.8) is 0 Å². The number of carbonyl (C=O) groups is 2. The highest BCUT2D eigenvalue weighted by atomic mass is 32.2. The van der Waals surface area contributed by atoms with Crippen LogP contribution in [0.5, 0.6) is 0 Å². The number of carboxylic acid groups (broad SMARTS) is 1. The number of ether oxygens (including phenoxy) is 1. The minimum Gasteiger partial charge on any atom is -0.480 e. The number of methoxy groups -OCH3 is 1. The fraction of sp³-hybridized carbons (Fsp3) is 0.818. The second-order valence-electron chi connectivity index (χ2n) is 4.20. The molecule has 104 valence electrons. The lowest BCUT2D eigenvalue weighted by Crippen LogP contribution is -2.50. The highest BCUT2D eigenvalue weighted by molar-refractivity contribution is 7.99. The zero-order valence-electron chi connectivity index (χ0n) is 10.5. The molecule has 1 rings (SSSR count). The number of rotatable bonds is 6. The molecule has 0 radical (unpaired) electrons. The van der Waals surface area contributed by atoms with Crippen LogP contribution in [0.25, 0.3) is 0 Å². The second-order valence-corrected chi connectivity index (χ2v) is 5.35. The summed E-state index contributed by atoms with van der Waals surface area (Å²) in [6.45, 7) is 0.302. The Hall–Kier alpha value is -0.950. The zero-order chi connectivity index (χ0) is 13.4. The van der Waals surface area contributed by atoms with Gasteiger partial charge in [-0.2, -0.15) is 11.8 Å². The molecule has 1 aliphatic rings. The van der Waals surface area contributed by atoms with E-state index in [2.05, 4.69) is 10.6 Å². The number of amides is 2. The van der Waals surface area contributed by atoms with Gasteiger partial charge in [0.25, 0.3) is 0 Å². The van der Waals surface area contributed by atoms with Gasteiger partial charge in [0.15, 0.2) is 0 Å². The molecule has 7 heteroatoms. The van der Waals surface area contributed by atoms with Crippen LogP contribution in [0.1, 0.15) is 19.3 Å². The number of urea groups is 1. The van der Waals surface area contributed by atoms with Crippen LogP contribution < -0.4 is 10.6 Å². The summed E-state index contributed by atoms with van der Waals surface area (Å²) >= 11 is 1.81. The highest BCUT2D eigenvalue weighted by Gasteiger charge is 2.22. The van der Waals surface area contributed by atoms with Gasteiger partial charge in [-0.25, -0.2) is 9.59 Å². The van der Waals surface area contributed by atoms with Gasteiger partial charge in [-0.1, -0.05) is 0 Å². The smallest absolute Gasteiger partial charge is 0.326 e. The molecule has 1 heterocycles. The van der Waals surface area contributed by atoms with Crippen molar-refractivity contribution in [2.75, 3.05) is 25.2 Å². The third-order valence-corrected chi connectivity index (χ3v) is 3.93. The van der Waals surface area contributed by atoms with Crippen molar-refractivity contribution in [2.24, 2.45) is 0 Å². The fourth-order valence-electron chi connectivity index (χ4n) is 1.73. The summed E-state index contributed by atoms with van der Waals surface area (Å²) in [7, 11) is 1.50. The summed E-state index contributed by atoms with van der Waals surface area (Å²) in [6.07, 6.45) is 2.30. The van der Waals surface area contributed by atoms with Crippen LogP contribution in [0.3, 0.4) is 0 Å². The van der Waals surface area contributed by atoms with Crippen LogP contribution in [-0.2, 0) is 9.53 Å². The first-order valence-electron chi connectivity index (χ1n) is 6.00. The van der Waals surface area contributed by atoms with Crippen molar-refractivity contribution >= 4 is 23.8 Å². The average Bonchev–Trinajstić information content (AvgIpc) is 2.35. The predicted octanol–water partition coefficient (Wildman–Crippen LogP) is 0.671. The van der Waals surface area contributed by atoms with E-state index < -0.39 is 18.0 Å². The molecule has 0 aliphatic carbocycles. The van der Waals surface area contributed by atoms with E-state index in [0.29, 0.717) is 6.61 Å². The lowest BCUT2D eigenvalue weighted by molar-refractivity contribution is -0.139. The molecule has 0 aromatic rings. The molecule has 2 amide bonds. The maximum absolute atomic E-state index is 11.7. The topological polar surface area (TPSA) is 87.7 Å². The minimum atomic E-state index is -1.04. The summed E-state index contributed by atoms with van der Waals surface area (Å²) in [5, 5.41) is 14.2. The summed E-state index contributed by atoms with van der Waals surface area (Å²) in [5.41, 5.74) is 0. The second kappa shape index (κ2) is 8.20. The number of aliphatic carboxylic acids is 1. The Morgan fingerprint density at radius 1 is 1.56 bits per heavy atom. The molecule has 0 bridgehead atoms. The number of hydrogen-bond donors (Lipinski definition) is 3. The number of carbonyl (C=O) groups excluding carboxylic acids is 1. The quantitative estimate of drug-likeness (QED) is 0.663. The standard InChI is InChI=1S/C11H20N2O4S/c1-17-5-4-9(10(14)15)13-11(16)12-8-3-2-6-18-7-8/h8-9H,2-7H2,1H3,(H,14,15)(H2,12,13,16). The molecule has 0 spiro atoms. The molecule has 18 heavy (non-hydrogen) atoms. The van der Waals surface area contributed by atoms with Crippen molar-refractivity contribution in [1.29, 1.82) is 0 Å². The fourth-order valence-corrected chi connectivity index (χ4v) is 2.80. The lowest BCUT2D eigenvalue weighted by Gasteiger charge is -2.23. The number of nitrogens with one attached hydrogen (secondary N) is 2. The Morgan fingerprint density at radius 3 is 2.89 bits per heavy atom. The average molecular weight is 276 g/mol. The van der Waals surface area contributed by atoms with E-state index in [9.17, 15) is 9.59 Å². The van der Waals surface area contributed by atoms with Gasteiger partial charge in [0.05, 0.1) is 0 Å². The molecule has 3 N–H and O–H groups in total. The van der Waals surface area contributed by atoms with Gasteiger partial charge in [0.2, 0.25) is 0 Å². The monoisotopic (exact) mass is 276 g/mol. The largest absolute Gasteiger partial charge is 0.480 e. The van der Waals surface area contributed by atoms with Crippen LogP contribution in [0.15, 0.2) is 0 Å². The molecular formula is C11H20N2O4S. The van der Waals surface area contributed by atoms with E-state index in [1.807, 2.05) is 0 Å². The SMILES string of the molecule is COCCC(NC(=O)NC1CCCSC1)C(=O)O. The first-order valence-corrected chi connectivity index (χ1v) is 7.15. The maximum Gasteiger partial charge on any atom is 0.326 e. The van der Waals surface area contributed by atoms with Crippen molar-refractivity contribution < 1.29 is 19.4 Å². The zero-order valence-corrected chi connectivity index (χ0v) is 11.3. The van der Waals surface area contributed by atoms with Gasteiger partial charge in [0, 0.05) is 31.9 Å². The van der Waals surface area contributed by atoms with E-state index in [1.54, 1.807) is 11.8 Å². The van der Waals surface area contributed by atoms with Gasteiger partial charge in [-0.3, -0.25) is 0 Å². The Bertz CT molecular complexity index is 282. The Morgan fingerprint density at radius 2 is 2.33 bits per heavy atom. The third-order valence-electron chi connectivity index (χ3n) is 2.71.